The van der Waals surface area contributed by atoms with E-state index in [0.29, 0.717) is 35.7 Å². The van der Waals surface area contributed by atoms with Crippen LogP contribution < -0.4 is 20.5 Å². The molecule has 0 bridgehead atoms. The van der Waals surface area contributed by atoms with E-state index in [4.69, 9.17) is 20.6 Å². The number of ether oxygens (including phenoxy) is 2. The van der Waals surface area contributed by atoms with Crippen LogP contribution in [-0.4, -0.2) is 36.5 Å². The number of benzene rings is 3. The molecule has 0 saturated carbocycles. The van der Waals surface area contributed by atoms with Gasteiger partial charge in [0.15, 0.2) is 6.61 Å². The van der Waals surface area contributed by atoms with E-state index < -0.39 is 0 Å². The van der Waals surface area contributed by atoms with Gasteiger partial charge in [0, 0.05) is 11.3 Å². The summed E-state index contributed by atoms with van der Waals surface area (Å²) in [5, 5.41) is 20.7. The molecule has 7 heteroatoms. The summed E-state index contributed by atoms with van der Waals surface area (Å²) in [5.41, 5.74) is 8.76. The number of nitrogens with one attached hydrogen (secondary N) is 2. The molecule has 0 heterocycles. The number of phenolic OH excluding ortho intramolecular Hbond substituents is 1. The Labute approximate surface area is 193 Å². The lowest BCUT2D eigenvalue weighted by Gasteiger charge is -2.10. The first-order chi connectivity index (χ1) is 15.9. The standard InChI is InChI=1S/C26H27N3O4/c1-18-14-20(10-11-25(18)30)24(28)16-23(27)19-6-5-9-22(15-19)33-17-26(31)29-12-13-32-21-7-3-2-4-8-21/h2-11,14-16,27,30H,12-13,17,28H2,1H3,(H,29,31)/b24-16-,27-23?. The predicted molar refractivity (Wildman–Crippen MR) is 129 cm³/mol. The Balaban J connectivity index is 1.49. The Bertz CT molecular complexity index is 1140. The van der Waals surface area contributed by atoms with Gasteiger partial charge in [0.1, 0.15) is 23.9 Å². The van der Waals surface area contributed by atoms with Gasteiger partial charge in [-0.2, -0.15) is 0 Å². The van der Waals surface area contributed by atoms with E-state index in [1.807, 2.05) is 30.3 Å². The summed E-state index contributed by atoms with van der Waals surface area (Å²) in [5.74, 6) is 1.15. The number of rotatable bonds is 10. The molecule has 33 heavy (non-hydrogen) atoms. The molecular formula is C26H27N3O4. The van der Waals surface area contributed by atoms with Gasteiger partial charge in [-0.25, -0.2) is 0 Å². The first kappa shape index (κ1) is 23.4. The Morgan fingerprint density at radius 3 is 2.52 bits per heavy atom. The molecule has 0 aliphatic carbocycles. The van der Waals surface area contributed by atoms with Gasteiger partial charge in [0.2, 0.25) is 0 Å². The minimum Gasteiger partial charge on any atom is -0.508 e. The minimum atomic E-state index is -0.265. The van der Waals surface area contributed by atoms with Gasteiger partial charge in [0.25, 0.3) is 5.91 Å². The molecule has 0 aliphatic rings. The average molecular weight is 446 g/mol. The number of hydrogen-bond donors (Lipinski definition) is 4. The van der Waals surface area contributed by atoms with Gasteiger partial charge < -0.3 is 31.0 Å². The summed E-state index contributed by atoms with van der Waals surface area (Å²) in [4.78, 5) is 12.0. The summed E-state index contributed by atoms with van der Waals surface area (Å²) in [7, 11) is 0. The van der Waals surface area contributed by atoms with E-state index in [1.54, 1.807) is 55.5 Å². The van der Waals surface area contributed by atoms with Crippen molar-refractivity contribution in [1.29, 1.82) is 5.41 Å². The van der Waals surface area contributed by atoms with Crippen LogP contribution >= 0.6 is 0 Å². The second-order valence-corrected chi connectivity index (χ2v) is 7.34. The normalized spacial score (nSPS) is 11.0. The Kier molecular flexibility index (Phi) is 8.07. The highest BCUT2D eigenvalue weighted by molar-refractivity contribution is 6.10. The van der Waals surface area contributed by atoms with Crippen molar-refractivity contribution in [3.8, 4) is 17.2 Å². The van der Waals surface area contributed by atoms with Gasteiger partial charge >= 0.3 is 0 Å². The maximum absolute atomic E-state index is 12.0. The molecular weight excluding hydrogens is 418 g/mol. The molecule has 0 radical (unpaired) electrons. The molecule has 0 fully saturated rings. The van der Waals surface area contributed by atoms with Crippen LogP contribution in [0.5, 0.6) is 17.2 Å². The maximum atomic E-state index is 12.0. The summed E-state index contributed by atoms with van der Waals surface area (Å²) in [6, 6.07) is 21.3. The quantitative estimate of drug-likeness (QED) is 0.281. The largest absolute Gasteiger partial charge is 0.508 e. The number of amides is 1. The van der Waals surface area contributed by atoms with Crippen molar-refractivity contribution in [3.05, 3.63) is 95.6 Å². The van der Waals surface area contributed by atoms with E-state index in [2.05, 4.69) is 5.32 Å². The van der Waals surface area contributed by atoms with Crippen LogP contribution in [0.1, 0.15) is 16.7 Å². The van der Waals surface area contributed by atoms with Crippen LogP contribution in [-0.2, 0) is 4.79 Å². The summed E-state index contributed by atoms with van der Waals surface area (Å²) in [6.07, 6.45) is 1.55. The van der Waals surface area contributed by atoms with Crippen molar-refractivity contribution in [3.63, 3.8) is 0 Å². The smallest absolute Gasteiger partial charge is 0.258 e. The topological polar surface area (TPSA) is 118 Å². The molecule has 3 aromatic rings. The SMILES string of the molecule is Cc1cc(/C(N)=C/C(=N)c2cccc(OCC(=O)NCCOc3ccccc3)c2)ccc1O. The zero-order valence-corrected chi connectivity index (χ0v) is 18.4. The van der Waals surface area contributed by atoms with Crippen molar-refractivity contribution in [1.82, 2.24) is 5.32 Å². The highest BCUT2D eigenvalue weighted by Crippen LogP contribution is 2.21. The minimum absolute atomic E-state index is 0.146. The molecule has 5 N–H and O–H groups in total. The number of nitrogens with two attached hydrogens (primary N) is 1. The van der Waals surface area contributed by atoms with Crippen LogP contribution in [0, 0.1) is 12.3 Å². The van der Waals surface area contributed by atoms with Crippen LogP contribution in [0.2, 0.25) is 0 Å². The molecule has 0 spiro atoms. The summed E-state index contributed by atoms with van der Waals surface area (Å²) in [6.45, 7) is 2.36. The summed E-state index contributed by atoms with van der Waals surface area (Å²) >= 11 is 0. The Hall–Kier alpha value is -4.26. The van der Waals surface area contributed by atoms with Crippen LogP contribution in [0.3, 0.4) is 0 Å². The summed E-state index contributed by atoms with van der Waals surface area (Å²) < 4.78 is 11.1. The number of aromatic hydroxyl groups is 1. The molecule has 0 saturated heterocycles. The van der Waals surface area contributed by atoms with Crippen LogP contribution in [0.15, 0.2) is 78.9 Å². The molecule has 0 aromatic heterocycles. The van der Waals surface area contributed by atoms with E-state index in [-0.39, 0.29) is 24.0 Å². The number of carbonyl (C=O) groups excluding carboxylic acids is 1. The number of hydrogen-bond acceptors (Lipinski definition) is 6. The molecule has 1 amide bonds. The monoisotopic (exact) mass is 445 g/mol. The molecule has 170 valence electrons. The fourth-order valence-corrected chi connectivity index (χ4v) is 2.99. The van der Waals surface area contributed by atoms with Crippen LogP contribution in [0.25, 0.3) is 5.70 Å². The highest BCUT2D eigenvalue weighted by Gasteiger charge is 2.07. The first-order valence-electron chi connectivity index (χ1n) is 10.5. The number of allylic oxidation sites excluding steroid dienone is 1. The fourth-order valence-electron chi connectivity index (χ4n) is 2.99. The third-order valence-electron chi connectivity index (χ3n) is 4.78. The molecule has 0 aliphatic heterocycles. The van der Waals surface area contributed by atoms with Crippen molar-refractivity contribution < 1.29 is 19.4 Å². The average Bonchev–Trinajstić information content (AvgIpc) is 2.83. The van der Waals surface area contributed by atoms with E-state index in [9.17, 15) is 9.90 Å². The highest BCUT2D eigenvalue weighted by atomic mass is 16.5. The Morgan fingerprint density at radius 2 is 1.76 bits per heavy atom. The second kappa shape index (κ2) is 11.4. The number of para-hydroxylation sites is 1. The number of phenols is 1. The van der Waals surface area contributed by atoms with Gasteiger partial charge in [-0.15, -0.1) is 0 Å². The van der Waals surface area contributed by atoms with E-state index >= 15 is 0 Å². The van der Waals surface area contributed by atoms with Gasteiger partial charge in [-0.1, -0.05) is 30.3 Å². The molecule has 3 aromatic carbocycles. The lowest BCUT2D eigenvalue weighted by atomic mass is 10.0. The van der Waals surface area contributed by atoms with Gasteiger partial charge in [-0.3, -0.25) is 4.79 Å². The molecule has 3 rings (SSSR count). The number of aryl methyl sites for hydroxylation is 1. The zero-order valence-electron chi connectivity index (χ0n) is 18.4. The molecule has 0 atom stereocenters. The number of carbonyl (C=O) groups is 1. The zero-order chi connectivity index (χ0) is 23.6. The lowest BCUT2D eigenvalue weighted by molar-refractivity contribution is -0.123. The van der Waals surface area contributed by atoms with Crippen molar-refractivity contribution in [2.24, 2.45) is 5.73 Å². The maximum Gasteiger partial charge on any atom is 0.258 e. The second-order valence-electron chi connectivity index (χ2n) is 7.34. The predicted octanol–water partition coefficient (Wildman–Crippen LogP) is 3.64. The van der Waals surface area contributed by atoms with E-state index in [1.165, 1.54) is 0 Å². The third kappa shape index (κ3) is 7.14. The first-order valence-corrected chi connectivity index (χ1v) is 10.5. The van der Waals surface area contributed by atoms with Crippen molar-refractivity contribution >= 4 is 17.3 Å². The third-order valence-corrected chi connectivity index (χ3v) is 4.78. The molecule has 7 nitrogen and oxygen atoms in total. The van der Waals surface area contributed by atoms with Crippen molar-refractivity contribution in [2.75, 3.05) is 19.8 Å². The lowest BCUT2D eigenvalue weighted by Crippen LogP contribution is -2.32. The van der Waals surface area contributed by atoms with Crippen molar-refractivity contribution in [2.45, 2.75) is 6.92 Å². The Morgan fingerprint density at radius 1 is 1.00 bits per heavy atom. The van der Waals surface area contributed by atoms with E-state index in [0.717, 1.165) is 11.3 Å². The van der Waals surface area contributed by atoms with Crippen LogP contribution in [0.4, 0.5) is 0 Å². The fraction of sp³-hybridized carbons (Fsp3) is 0.154. The molecule has 0 unspecified atom stereocenters. The van der Waals surface area contributed by atoms with Gasteiger partial charge in [-0.05, 0) is 66.6 Å². The van der Waals surface area contributed by atoms with Gasteiger partial charge in [0.05, 0.1) is 12.3 Å².